The van der Waals surface area contributed by atoms with E-state index in [9.17, 15) is 10.1 Å². The van der Waals surface area contributed by atoms with Crippen molar-refractivity contribution in [1.82, 2.24) is 0 Å². The van der Waals surface area contributed by atoms with Crippen molar-refractivity contribution in [1.29, 1.82) is 5.26 Å². The third kappa shape index (κ3) is 3.02. The molecule has 5 heteroatoms. The van der Waals surface area contributed by atoms with E-state index in [1.165, 1.54) is 0 Å². The minimum atomic E-state index is -0.232. The minimum absolute atomic E-state index is 0.133. The molecule has 0 radical (unpaired) electrons. The number of fused-ring (bicyclic) bond motifs is 1. The van der Waals surface area contributed by atoms with Crippen molar-refractivity contribution >= 4 is 23.2 Å². The maximum absolute atomic E-state index is 12.9. The number of amides is 1. The van der Waals surface area contributed by atoms with E-state index in [0.29, 0.717) is 16.9 Å². The summed E-state index contributed by atoms with van der Waals surface area (Å²) in [6.07, 6.45) is 0. The lowest BCUT2D eigenvalue weighted by Crippen LogP contribution is -2.25. The molecule has 3 aromatic carbocycles. The molecule has 0 saturated carbocycles. The molecule has 1 aliphatic heterocycles. The number of para-hydroxylation sites is 1. The Kier molecular flexibility index (Phi) is 4.46. The summed E-state index contributed by atoms with van der Waals surface area (Å²) >= 11 is 0. The van der Waals surface area contributed by atoms with Gasteiger partial charge in [0.2, 0.25) is 5.88 Å². The van der Waals surface area contributed by atoms with Gasteiger partial charge >= 0.3 is 0 Å². The Balaban J connectivity index is 1.77. The fourth-order valence-corrected chi connectivity index (χ4v) is 3.83. The van der Waals surface area contributed by atoms with Crippen molar-refractivity contribution in [3.8, 4) is 28.5 Å². The normalized spacial score (nSPS) is 14.0. The smallest absolute Gasteiger partial charge is 0.277 e. The lowest BCUT2D eigenvalue weighted by molar-refractivity contribution is -0.111. The van der Waals surface area contributed by atoms with Gasteiger partial charge in [-0.15, -0.1) is 0 Å². The Bertz CT molecular complexity index is 1360. The molecule has 0 N–H and O–H groups in total. The molecule has 1 aliphatic rings. The van der Waals surface area contributed by atoms with E-state index in [1.54, 1.807) is 11.9 Å². The van der Waals surface area contributed by atoms with E-state index in [1.807, 2.05) is 84.9 Å². The van der Waals surface area contributed by atoms with Gasteiger partial charge < -0.3 is 9.32 Å². The van der Waals surface area contributed by atoms with E-state index in [4.69, 9.17) is 4.42 Å². The first-order valence-electron chi connectivity index (χ1n) is 9.83. The van der Waals surface area contributed by atoms with Gasteiger partial charge in [0, 0.05) is 23.7 Å². The fourth-order valence-electron chi connectivity index (χ4n) is 3.83. The number of carbonyl (C=O) groups is 1. The van der Waals surface area contributed by atoms with Gasteiger partial charge in [-0.25, -0.2) is 4.99 Å². The van der Waals surface area contributed by atoms with Crippen molar-refractivity contribution in [2.24, 2.45) is 4.99 Å². The molecule has 0 spiro atoms. The van der Waals surface area contributed by atoms with Gasteiger partial charge in [0.25, 0.3) is 5.91 Å². The van der Waals surface area contributed by atoms with Gasteiger partial charge in [-0.05, 0) is 11.6 Å². The second-order valence-electron chi connectivity index (χ2n) is 7.17. The van der Waals surface area contributed by atoms with Gasteiger partial charge in [0.1, 0.15) is 23.1 Å². The zero-order valence-electron chi connectivity index (χ0n) is 16.7. The lowest BCUT2D eigenvalue weighted by atomic mass is 9.98. The summed E-state index contributed by atoms with van der Waals surface area (Å²) in [5.74, 6) is 0.451. The van der Waals surface area contributed by atoms with Gasteiger partial charge in [-0.2, -0.15) is 5.26 Å². The average Bonchev–Trinajstić information content (AvgIpc) is 3.31. The zero-order valence-corrected chi connectivity index (χ0v) is 16.7. The van der Waals surface area contributed by atoms with Crippen LogP contribution in [0, 0.1) is 11.3 Å². The first-order valence-corrected chi connectivity index (χ1v) is 9.83. The van der Waals surface area contributed by atoms with Crippen molar-refractivity contribution in [2.45, 2.75) is 0 Å². The van der Waals surface area contributed by atoms with Crippen LogP contribution in [-0.2, 0) is 4.79 Å². The van der Waals surface area contributed by atoms with Crippen LogP contribution in [0.1, 0.15) is 11.1 Å². The number of rotatable bonds is 3. The van der Waals surface area contributed by atoms with Crippen molar-refractivity contribution in [3.63, 3.8) is 0 Å². The number of hydrogen-bond acceptors (Lipinski definition) is 4. The molecule has 31 heavy (non-hydrogen) atoms. The SMILES string of the molecule is CN1C(=O)C(=Nc2oc(-c3ccccc3)c(-c3ccccc3)c2C#N)c2ccccc21. The molecule has 5 nitrogen and oxygen atoms in total. The average molecular weight is 403 g/mol. The topological polar surface area (TPSA) is 69.6 Å². The number of benzene rings is 3. The van der Waals surface area contributed by atoms with Crippen molar-refractivity contribution < 1.29 is 9.21 Å². The van der Waals surface area contributed by atoms with Crippen LogP contribution in [0.25, 0.3) is 22.5 Å². The summed E-state index contributed by atoms with van der Waals surface area (Å²) in [5, 5.41) is 10.0. The summed E-state index contributed by atoms with van der Waals surface area (Å²) in [7, 11) is 1.71. The predicted molar refractivity (Wildman–Crippen MR) is 120 cm³/mol. The maximum Gasteiger partial charge on any atom is 0.277 e. The highest BCUT2D eigenvalue weighted by atomic mass is 16.4. The number of nitriles is 1. The Morgan fingerprint density at radius 3 is 2.16 bits per heavy atom. The van der Waals surface area contributed by atoms with Crippen LogP contribution in [-0.4, -0.2) is 18.7 Å². The second kappa shape index (κ2) is 7.43. The second-order valence-corrected chi connectivity index (χ2v) is 7.17. The van der Waals surface area contributed by atoms with Gasteiger partial charge in [-0.1, -0.05) is 78.9 Å². The molecular weight excluding hydrogens is 386 g/mol. The summed E-state index contributed by atoms with van der Waals surface area (Å²) in [5.41, 5.74) is 4.42. The monoisotopic (exact) mass is 403 g/mol. The molecule has 0 atom stereocenters. The van der Waals surface area contributed by atoms with Crippen LogP contribution >= 0.6 is 0 Å². The molecule has 0 fully saturated rings. The molecule has 148 valence electrons. The summed E-state index contributed by atoms with van der Waals surface area (Å²) in [6.45, 7) is 0. The van der Waals surface area contributed by atoms with E-state index in [2.05, 4.69) is 11.1 Å². The third-order valence-electron chi connectivity index (χ3n) is 5.34. The molecule has 5 rings (SSSR count). The maximum atomic E-state index is 12.9. The lowest BCUT2D eigenvalue weighted by Gasteiger charge is -2.07. The van der Waals surface area contributed by atoms with Crippen LogP contribution in [0.3, 0.4) is 0 Å². The van der Waals surface area contributed by atoms with E-state index in [-0.39, 0.29) is 17.5 Å². The highest BCUT2D eigenvalue weighted by Gasteiger charge is 2.32. The summed E-state index contributed by atoms with van der Waals surface area (Å²) in [6, 6.07) is 28.9. The Morgan fingerprint density at radius 1 is 0.871 bits per heavy atom. The number of hydrogen-bond donors (Lipinski definition) is 0. The highest BCUT2D eigenvalue weighted by Crippen LogP contribution is 2.43. The number of nitrogens with zero attached hydrogens (tertiary/aromatic N) is 3. The molecule has 0 bridgehead atoms. The Hall–Kier alpha value is -4.43. The number of likely N-dealkylation sites (N-methyl/N-ethyl adjacent to an activating group) is 1. The molecule has 2 heterocycles. The largest absolute Gasteiger partial charge is 0.436 e. The molecule has 0 saturated heterocycles. The zero-order chi connectivity index (χ0) is 21.4. The first-order chi connectivity index (χ1) is 15.2. The van der Waals surface area contributed by atoms with Crippen LogP contribution in [0.5, 0.6) is 0 Å². The van der Waals surface area contributed by atoms with E-state index in [0.717, 1.165) is 22.4 Å². The van der Waals surface area contributed by atoms with Crippen LogP contribution in [0.15, 0.2) is 94.3 Å². The van der Waals surface area contributed by atoms with Crippen molar-refractivity contribution in [3.05, 3.63) is 96.1 Å². The van der Waals surface area contributed by atoms with E-state index < -0.39 is 0 Å². The number of furan rings is 1. The highest BCUT2D eigenvalue weighted by molar-refractivity contribution is 6.54. The van der Waals surface area contributed by atoms with Gasteiger partial charge in [0.15, 0.2) is 0 Å². The quantitative estimate of drug-likeness (QED) is 0.448. The summed E-state index contributed by atoms with van der Waals surface area (Å²) < 4.78 is 6.16. The van der Waals surface area contributed by atoms with Crippen LogP contribution in [0.4, 0.5) is 11.6 Å². The summed E-state index contributed by atoms with van der Waals surface area (Å²) in [4.78, 5) is 19.0. The van der Waals surface area contributed by atoms with Gasteiger partial charge in [0.05, 0.1) is 5.69 Å². The van der Waals surface area contributed by atoms with Crippen LogP contribution in [0.2, 0.25) is 0 Å². The van der Waals surface area contributed by atoms with E-state index >= 15 is 0 Å². The molecule has 0 aliphatic carbocycles. The number of carbonyl (C=O) groups excluding carboxylic acids is 1. The standard InChI is InChI=1S/C26H17N3O2/c1-29-21-15-9-8-14-19(21)23(26(29)30)28-25-20(16-27)22(17-10-4-2-5-11-17)24(31-25)18-12-6-3-7-13-18/h2-15H,1H3. The Morgan fingerprint density at radius 2 is 1.48 bits per heavy atom. The minimum Gasteiger partial charge on any atom is -0.436 e. The number of aliphatic imine (C=N–C) groups is 1. The number of anilines is 1. The molecular formula is C26H17N3O2. The van der Waals surface area contributed by atoms with Gasteiger partial charge in [-0.3, -0.25) is 4.79 Å². The molecule has 4 aromatic rings. The fraction of sp³-hybridized carbons (Fsp3) is 0.0385. The van der Waals surface area contributed by atoms with Crippen LogP contribution < -0.4 is 4.90 Å². The third-order valence-corrected chi connectivity index (χ3v) is 5.34. The Labute approximate surface area is 179 Å². The van der Waals surface area contributed by atoms with Crippen molar-refractivity contribution in [2.75, 3.05) is 11.9 Å². The molecule has 1 amide bonds. The first kappa shape index (κ1) is 18.6. The molecule has 0 unspecified atom stereocenters. The molecule has 1 aromatic heterocycles. The predicted octanol–water partition coefficient (Wildman–Crippen LogP) is 5.58.